The monoisotopic (exact) mass is 379 g/mol. The quantitative estimate of drug-likeness (QED) is 0.613. The molecule has 1 aliphatic heterocycles. The topological polar surface area (TPSA) is 105 Å². The van der Waals surface area contributed by atoms with Crippen LogP contribution in [0, 0.1) is 0 Å². The SMILES string of the molecule is O=C(COC(=O)c1ccc(Cl)cc1)NN1C(=O)NC2(CCCCC2)C1=O. The van der Waals surface area contributed by atoms with Crippen LogP contribution in [0.4, 0.5) is 4.79 Å². The Kier molecular flexibility index (Phi) is 5.13. The summed E-state index contributed by atoms with van der Waals surface area (Å²) in [6.45, 7) is -0.620. The standard InChI is InChI=1S/C17H18ClN3O5/c18-12-6-4-11(5-7-12)14(23)26-10-13(22)20-21-15(24)17(19-16(21)25)8-2-1-3-9-17/h4-7H,1-3,8-10H2,(H,19,25)(H,20,22). The summed E-state index contributed by atoms with van der Waals surface area (Å²) in [5, 5.41) is 3.81. The minimum atomic E-state index is -0.928. The van der Waals surface area contributed by atoms with E-state index in [-0.39, 0.29) is 5.56 Å². The van der Waals surface area contributed by atoms with Crippen molar-refractivity contribution in [3.63, 3.8) is 0 Å². The Morgan fingerprint density at radius 3 is 2.46 bits per heavy atom. The van der Waals surface area contributed by atoms with Crippen molar-refractivity contribution in [2.75, 3.05) is 6.61 Å². The van der Waals surface area contributed by atoms with Crippen LogP contribution in [0.1, 0.15) is 42.5 Å². The number of benzene rings is 1. The van der Waals surface area contributed by atoms with Gasteiger partial charge in [0.15, 0.2) is 6.61 Å². The van der Waals surface area contributed by atoms with Crippen molar-refractivity contribution in [2.24, 2.45) is 0 Å². The number of hydrogen-bond acceptors (Lipinski definition) is 5. The summed E-state index contributed by atoms with van der Waals surface area (Å²) in [5.41, 5.74) is 1.51. The van der Waals surface area contributed by atoms with Gasteiger partial charge in [-0.05, 0) is 37.1 Å². The molecule has 0 radical (unpaired) electrons. The van der Waals surface area contributed by atoms with Crippen molar-refractivity contribution >= 4 is 35.4 Å². The summed E-state index contributed by atoms with van der Waals surface area (Å²) in [6, 6.07) is 5.30. The number of esters is 1. The highest BCUT2D eigenvalue weighted by Crippen LogP contribution is 2.32. The number of nitrogens with zero attached hydrogens (tertiary/aromatic N) is 1. The highest BCUT2D eigenvalue weighted by molar-refractivity contribution is 6.30. The number of carbonyl (C=O) groups is 4. The lowest BCUT2D eigenvalue weighted by molar-refractivity contribution is -0.140. The molecule has 1 saturated carbocycles. The van der Waals surface area contributed by atoms with Crippen molar-refractivity contribution in [3.8, 4) is 0 Å². The predicted molar refractivity (Wildman–Crippen MR) is 91.1 cm³/mol. The molecule has 9 heteroatoms. The number of carbonyl (C=O) groups excluding carboxylic acids is 4. The number of imide groups is 1. The molecule has 138 valence electrons. The smallest absolute Gasteiger partial charge is 0.344 e. The molecule has 1 heterocycles. The van der Waals surface area contributed by atoms with Gasteiger partial charge in [-0.3, -0.25) is 15.0 Å². The third kappa shape index (κ3) is 3.65. The summed E-state index contributed by atoms with van der Waals surface area (Å²) >= 11 is 5.74. The lowest BCUT2D eigenvalue weighted by Crippen LogP contribution is -2.51. The molecule has 1 spiro atoms. The Morgan fingerprint density at radius 2 is 1.81 bits per heavy atom. The maximum absolute atomic E-state index is 12.5. The number of nitrogens with one attached hydrogen (secondary N) is 2. The van der Waals surface area contributed by atoms with Gasteiger partial charge in [0.25, 0.3) is 11.8 Å². The summed E-state index contributed by atoms with van der Waals surface area (Å²) in [7, 11) is 0. The first-order chi connectivity index (χ1) is 12.4. The van der Waals surface area contributed by atoms with Gasteiger partial charge in [0.2, 0.25) is 0 Å². The fourth-order valence-corrected chi connectivity index (χ4v) is 3.30. The van der Waals surface area contributed by atoms with Crippen molar-refractivity contribution in [2.45, 2.75) is 37.6 Å². The van der Waals surface area contributed by atoms with Crippen LogP contribution in [0.5, 0.6) is 0 Å². The second-order valence-electron chi connectivity index (χ2n) is 6.33. The Hall–Kier alpha value is -2.61. The van der Waals surface area contributed by atoms with Crippen molar-refractivity contribution in [1.82, 2.24) is 15.8 Å². The number of ether oxygens (including phenoxy) is 1. The van der Waals surface area contributed by atoms with Crippen LogP contribution in [0.25, 0.3) is 0 Å². The number of urea groups is 1. The predicted octanol–water partition coefficient (Wildman–Crippen LogP) is 1.78. The van der Waals surface area contributed by atoms with Gasteiger partial charge in [-0.15, -0.1) is 0 Å². The number of halogens is 1. The highest BCUT2D eigenvalue weighted by atomic mass is 35.5. The van der Waals surface area contributed by atoms with Crippen molar-refractivity contribution in [1.29, 1.82) is 0 Å². The fourth-order valence-electron chi connectivity index (χ4n) is 3.17. The van der Waals surface area contributed by atoms with Crippen LogP contribution in [-0.2, 0) is 14.3 Å². The van der Waals surface area contributed by atoms with E-state index < -0.39 is 36.0 Å². The zero-order chi connectivity index (χ0) is 18.7. The third-order valence-electron chi connectivity index (χ3n) is 4.52. The Bertz CT molecular complexity index is 743. The van der Waals surface area contributed by atoms with Gasteiger partial charge < -0.3 is 10.1 Å². The summed E-state index contributed by atoms with van der Waals surface area (Å²) < 4.78 is 4.88. The first kappa shape index (κ1) is 18.2. The van der Waals surface area contributed by atoms with Crippen LogP contribution in [0.3, 0.4) is 0 Å². The summed E-state index contributed by atoms with van der Waals surface area (Å²) in [5.74, 6) is -1.96. The van der Waals surface area contributed by atoms with Crippen molar-refractivity contribution in [3.05, 3.63) is 34.9 Å². The molecule has 1 saturated heterocycles. The van der Waals surface area contributed by atoms with E-state index in [2.05, 4.69) is 10.7 Å². The van der Waals surface area contributed by atoms with Gasteiger partial charge in [0.05, 0.1) is 5.56 Å². The first-order valence-corrected chi connectivity index (χ1v) is 8.68. The molecule has 0 bridgehead atoms. The van der Waals surface area contributed by atoms with Gasteiger partial charge in [-0.2, -0.15) is 5.01 Å². The van der Waals surface area contributed by atoms with E-state index in [9.17, 15) is 19.2 Å². The van der Waals surface area contributed by atoms with E-state index in [1.54, 1.807) is 0 Å². The average molecular weight is 380 g/mol. The minimum Gasteiger partial charge on any atom is -0.452 e. The fraction of sp³-hybridized carbons (Fsp3) is 0.412. The van der Waals surface area contributed by atoms with E-state index in [1.807, 2.05) is 0 Å². The van der Waals surface area contributed by atoms with Crippen molar-refractivity contribution < 1.29 is 23.9 Å². The second kappa shape index (κ2) is 7.33. The molecule has 1 aliphatic carbocycles. The highest BCUT2D eigenvalue weighted by Gasteiger charge is 2.52. The van der Waals surface area contributed by atoms with E-state index in [0.717, 1.165) is 19.3 Å². The molecule has 2 fully saturated rings. The zero-order valence-corrected chi connectivity index (χ0v) is 14.7. The molecule has 4 amide bonds. The van der Waals surface area contributed by atoms with E-state index in [0.29, 0.717) is 22.9 Å². The van der Waals surface area contributed by atoms with Crippen LogP contribution in [0.2, 0.25) is 5.02 Å². The Morgan fingerprint density at radius 1 is 1.15 bits per heavy atom. The van der Waals surface area contributed by atoms with Gasteiger partial charge in [0.1, 0.15) is 5.54 Å². The van der Waals surface area contributed by atoms with Gasteiger partial charge in [-0.1, -0.05) is 30.9 Å². The number of hydrogen-bond donors (Lipinski definition) is 2. The maximum Gasteiger partial charge on any atom is 0.344 e. The molecular formula is C17H18ClN3O5. The molecule has 2 N–H and O–H groups in total. The normalized spacial score (nSPS) is 18.6. The second-order valence-corrected chi connectivity index (χ2v) is 6.77. The Balaban J connectivity index is 1.54. The molecule has 8 nitrogen and oxygen atoms in total. The van der Waals surface area contributed by atoms with E-state index in [4.69, 9.17) is 16.3 Å². The molecule has 0 unspecified atom stereocenters. The number of hydrazine groups is 1. The average Bonchev–Trinajstić information content (AvgIpc) is 2.85. The number of amides is 4. The molecule has 2 aliphatic rings. The molecule has 1 aromatic rings. The molecular weight excluding hydrogens is 362 g/mol. The van der Waals surface area contributed by atoms with Crippen LogP contribution >= 0.6 is 11.6 Å². The lowest BCUT2D eigenvalue weighted by atomic mass is 9.82. The molecule has 0 atom stereocenters. The maximum atomic E-state index is 12.5. The van der Waals surface area contributed by atoms with E-state index in [1.165, 1.54) is 24.3 Å². The van der Waals surface area contributed by atoms with Gasteiger partial charge in [-0.25, -0.2) is 9.59 Å². The zero-order valence-electron chi connectivity index (χ0n) is 13.9. The first-order valence-electron chi connectivity index (χ1n) is 8.30. The largest absolute Gasteiger partial charge is 0.452 e. The van der Waals surface area contributed by atoms with E-state index >= 15 is 0 Å². The molecule has 1 aromatic carbocycles. The van der Waals surface area contributed by atoms with Gasteiger partial charge >= 0.3 is 12.0 Å². The van der Waals surface area contributed by atoms with Crippen LogP contribution in [-0.4, -0.2) is 41.0 Å². The van der Waals surface area contributed by atoms with Gasteiger partial charge in [0, 0.05) is 5.02 Å². The Labute approximate surface area is 154 Å². The van der Waals surface area contributed by atoms with Crippen LogP contribution in [0.15, 0.2) is 24.3 Å². The third-order valence-corrected chi connectivity index (χ3v) is 4.77. The summed E-state index contributed by atoms with van der Waals surface area (Å²) in [6.07, 6.45) is 3.79. The molecule has 3 rings (SSSR count). The summed E-state index contributed by atoms with van der Waals surface area (Å²) in [4.78, 5) is 48.4. The molecule has 26 heavy (non-hydrogen) atoms. The molecule has 0 aromatic heterocycles. The minimum absolute atomic E-state index is 0.235. The lowest BCUT2D eigenvalue weighted by Gasteiger charge is -2.30. The van der Waals surface area contributed by atoms with Crippen LogP contribution < -0.4 is 10.7 Å². The number of rotatable bonds is 4.